The van der Waals surface area contributed by atoms with Gasteiger partial charge in [-0.25, -0.2) is 0 Å². The highest BCUT2D eigenvalue weighted by Gasteiger charge is 2.43. The van der Waals surface area contributed by atoms with Crippen molar-refractivity contribution in [3.63, 3.8) is 0 Å². The van der Waals surface area contributed by atoms with Crippen molar-refractivity contribution in [2.24, 2.45) is 4.99 Å². The highest BCUT2D eigenvalue weighted by atomic mass is 16.3. The molecule has 3 atom stereocenters. The van der Waals surface area contributed by atoms with E-state index in [1.807, 2.05) is 42.6 Å². The molecule has 4 nitrogen and oxygen atoms in total. The number of rotatable bonds is 4. The van der Waals surface area contributed by atoms with Crippen LogP contribution in [0.5, 0.6) is 0 Å². The van der Waals surface area contributed by atoms with E-state index in [1.54, 1.807) is 0 Å². The van der Waals surface area contributed by atoms with Crippen molar-refractivity contribution in [2.45, 2.75) is 37.5 Å². The molecule has 0 radical (unpaired) electrons. The van der Waals surface area contributed by atoms with Gasteiger partial charge in [0.1, 0.15) is 6.17 Å². The van der Waals surface area contributed by atoms with Gasteiger partial charge in [0, 0.05) is 6.20 Å². The van der Waals surface area contributed by atoms with Crippen molar-refractivity contribution in [3.8, 4) is 0 Å². The van der Waals surface area contributed by atoms with Crippen LogP contribution in [0.3, 0.4) is 0 Å². The second kappa shape index (κ2) is 6.22. The van der Waals surface area contributed by atoms with Crippen molar-refractivity contribution >= 4 is 5.71 Å². The summed E-state index contributed by atoms with van der Waals surface area (Å²) >= 11 is 0. The third kappa shape index (κ3) is 2.58. The zero-order chi connectivity index (χ0) is 15.6. The topological polar surface area (TPSA) is 48.7 Å². The summed E-state index contributed by atoms with van der Waals surface area (Å²) < 4.78 is 0. The van der Waals surface area contributed by atoms with Gasteiger partial charge in [0.05, 0.1) is 30.1 Å². The van der Waals surface area contributed by atoms with Crippen LogP contribution in [0.4, 0.5) is 0 Å². The Morgan fingerprint density at radius 2 is 1.91 bits per heavy atom. The standard InChI is InChI=1S/C19H21N3O/c23-13-17(14-7-2-1-3-8-14)22-16-10-6-11-18(22)21-19(16)15-9-4-5-12-20-15/h1-5,7-9,12,16-18,23H,6,10-11,13H2/t16-,17-,18+/m0/s1. The van der Waals surface area contributed by atoms with Crippen LogP contribution in [0, 0.1) is 0 Å². The fraction of sp³-hybridized carbons (Fsp3) is 0.368. The second-order valence-electron chi connectivity index (χ2n) is 6.21. The minimum absolute atomic E-state index is 0.00328. The SMILES string of the molecule is OC[C@@H](c1ccccc1)N1[C@@H]2CCC[C@H]1C(c1ccccn1)=N2. The van der Waals surface area contributed by atoms with Crippen LogP contribution < -0.4 is 0 Å². The van der Waals surface area contributed by atoms with Crippen molar-refractivity contribution in [2.75, 3.05) is 6.61 Å². The van der Waals surface area contributed by atoms with E-state index in [9.17, 15) is 5.11 Å². The first-order chi connectivity index (χ1) is 11.4. The smallest absolute Gasteiger partial charge is 0.103 e. The molecule has 23 heavy (non-hydrogen) atoms. The Bertz CT molecular complexity index is 686. The molecule has 0 saturated carbocycles. The van der Waals surface area contributed by atoms with Gasteiger partial charge in [-0.05, 0) is 37.0 Å². The first kappa shape index (κ1) is 14.5. The summed E-state index contributed by atoms with van der Waals surface area (Å²) in [7, 11) is 0. The molecule has 3 heterocycles. The number of aromatic nitrogens is 1. The lowest BCUT2D eigenvalue weighted by Crippen LogP contribution is -2.46. The molecule has 118 valence electrons. The average Bonchev–Trinajstić information content (AvgIpc) is 2.83. The molecule has 0 amide bonds. The van der Waals surface area contributed by atoms with Gasteiger partial charge in [0.15, 0.2) is 0 Å². The van der Waals surface area contributed by atoms with Crippen molar-refractivity contribution in [3.05, 3.63) is 66.0 Å². The van der Waals surface area contributed by atoms with Crippen LogP contribution in [0.25, 0.3) is 0 Å². The third-order valence-corrected chi connectivity index (χ3v) is 4.89. The fourth-order valence-corrected chi connectivity index (χ4v) is 3.88. The minimum atomic E-state index is -0.00328. The fourth-order valence-electron chi connectivity index (χ4n) is 3.88. The van der Waals surface area contributed by atoms with Crippen LogP contribution in [-0.2, 0) is 0 Å². The Morgan fingerprint density at radius 1 is 1.09 bits per heavy atom. The molecule has 1 aromatic heterocycles. The van der Waals surface area contributed by atoms with Crippen molar-refractivity contribution in [1.82, 2.24) is 9.88 Å². The van der Waals surface area contributed by atoms with Gasteiger partial charge < -0.3 is 5.11 Å². The summed E-state index contributed by atoms with van der Waals surface area (Å²) in [5.41, 5.74) is 3.21. The molecule has 1 N–H and O–H groups in total. The molecule has 2 aromatic rings. The molecule has 2 aliphatic rings. The number of aliphatic hydroxyl groups is 1. The summed E-state index contributed by atoms with van der Waals surface area (Å²) in [6.45, 7) is 0.113. The van der Waals surface area contributed by atoms with E-state index < -0.39 is 0 Å². The molecule has 4 rings (SSSR count). The quantitative estimate of drug-likeness (QED) is 0.945. The van der Waals surface area contributed by atoms with Crippen LogP contribution >= 0.6 is 0 Å². The lowest BCUT2D eigenvalue weighted by Gasteiger charge is -2.39. The molecule has 0 spiro atoms. The van der Waals surface area contributed by atoms with Gasteiger partial charge in [0.2, 0.25) is 0 Å². The maximum atomic E-state index is 10.0. The summed E-state index contributed by atoms with van der Waals surface area (Å²) in [5, 5.41) is 10.0. The molecule has 1 aromatic carbocycles. The van der Waals surface area contributed by atoms with Gasteiger partial charge in [-0.2, -0.15) is 0 Å². The first-order valence-electron chi connectivity index (χ1n) is 8.31. The van der Waals surface area contributed by atoms with Gasteiger partial charge in [-0.15, -0.1) is 0 Å². The first-order valence-corrected chi connectivity index (χ1v) is 8.31. The molecular weight excluding hydrogens is 286 g/mol. The van der Waals surface area contributed by atoms with E-state index in [0.29, 0.717) is 0 Å². The molecule has 1 fully saturated rings. The van der Waals surface area contributed by atoms with E-state index >= 15 is 0 Å². The maximum absolute atomic E-state index is 10.0. The molecule has 4 heteroatoms. The Labute approximate surface area is 136 Å². The zero-order valence-corrected chi connectivity index (χ0v) is 13.0. The molecular formula is C19H21N3O. The predicted octanol–water partition coefficient (Wildman–Crippen LogP) is 2.80. The Hall–Kier alpha value is -2.04. The number of piperidine rings is 1. The van der Waals surface area contributed by atoms with Crippen LogP contribution in [0.15, 0.2) is 59.7 Å². The minimum Gasteiger partial charge on any atom is -0.394 e. The second-order valence-corrected chi connectivity index (χ2v) is 6.21. The number of nitrogens with zero attached hydrogens (tertiary/aromatic N) is 3. The molecule has 0 unspecified atom stereocenters. The van der Waals surface area contributed by atoms with E-state index in [2.05, 4.69) is 22.0 Å². The zero-order valence-electron chi connectivity index (χ0n) is 13.0. The summed E-state index contributed by atoms with van der Waals surface area (Å²) in [5.74, 6) is 0. The normalized spacial score (nSPS) is 25.2. The summed E-state index contributed by atoms with van der Waals surface area (Å²) in [6, 6.07) is 16.5. The van der Waals surface area contributed by atoms with Crippen LogP contribution in [-0.4, -0.2) is 39.5 Å². The molecule has 1 saturated heterocycles. The Kier molecular flexibility index (Phi) is 3.93. The highest BCUT2D eigenvalue weighted by Crippen LogP contribution is 2.38. The average molecular weight is 307 g/mol. The number of hydrogen-bond acceptors (Lipinski definition) is 4. The van der Waals surface area contributed by atoms with E-state index in [-0.39, 0.29) is 24.9 Å². The van der Waals surface area contributed by atoms with Gasteiger partial charge in [-0.1, -0.05) is 36.4 Å². The van der Waals surface area contributed by atoms with Crippen molar-refractivity contribution < 1.29 is 5.11 Å². The van der Waals surface area contributed by atoms with E-state index in [4.69, 9.17) is 4.99 Å². The molecule has 2 bridgehead atoms. The largest absolute Gasteiger partial charge is 0.394 e. The molecule has 2 aliphatic heterocycles. The number of aliphatic imine (C=N–C) groups is 1. The molecule has 0 aliphatic carbocycles. The van der Waals surface area contributed by atoms with Gasteiger partial charge in [-0.3, -0.25) is 14.9 Å². The maximum Gasteiger partial charge on any atom is 0.103 e. The third-order valence-electron chi connectivity index (χ3n) is 4.89. The Morgan fingerprint density at radius 3 is 2.65 bits per heavy atom. The van der Waals surface area contributed by atoms with Crippen LogP contribution in [0.2, 0.25) is 0 Å². The highest BCUT2D eigenvalue weighted by molar-refractivity contribution is 6.04. The summed E-state index contributed by atoms with van der Waals surface area (Å²) in [6.07, 6.45) is 5.29. The monoisotopic (exact) mass is 307 g/mol. The lowest BCUT2D eigenvalue weighted by molar-refractivity contribution is 0.0533. The number of hydrogen-bond donors (Lipinski definition) is 1. The van der Waals surface area contributed by atoms with Gasteiger partial charge >= 0.3 is 0 Å². The van der Waals surface area contributed by atoms with E-state index in [1.165, 1.54) is 6.42 Å². The van der Waals surface area contributed by atoms with E-state index in [0.717, 1.165) is 29.8 Å². The number of benzene rings is 1. The van der Waals surface area contributed by atoms with Gasteiger partial charge in [0.25, 0.3) is 0 Å². The number of aliphatic hydroxyl groups excluding tert-OH is 1. The lowest BCUT2D eigenvalue weighted by atomic mass is 9.93. The van der Waals surface area contributed by atoms with Crippen molar-refractivity contribution in [1.29, 1.82) is 0 Å². The summed E-state index contributed by atoms with van der Waals surface area (Å²) in [4.78, 5) is 11.9. The Balaban J connectivity index is 1.68. The number of fused-ring (bicyclic) bond motifs is 2. The predicted molar refractivity (Wildman–Crippen MR) is 90.3 cm³/mol. The number of pyridine rings is 1. The van der Waals surface area contributed by atoms with Crippen LogP contribution in [0.1, 0.15) is 36.6 Å².